The molecule has 2 aliphatic heterocycles. The number of nitrogens with one attached hydrogen (secondary N) is 1. The molecule has 14 heteroatoms. The van der Waals surface area contributed by atoms with Crippen LogP contribution in [0.4, 0.5) is 5.69 Å². The highest BCUT2D eigenvalue weighted by Gasteiger charge is 2.33. The Hall–Kier alpha value is -4.92. The number of carboxylic acid groups (broad SMARTS) is 1. The Morgan fingerprint density at radius 3 is 2.40 bits per heavy atom. The van der Waals surface area contributed by atoms with Gasteiger partial charge < -0.3 is 29.5 Å². The molecule has 13 nitrogen and oxygen atoms in total. The predicted molar refractivity (Wildman–Crippen MR) is 173 cm³/mol. The van der Waals surface area contributed by atoms with Crippen molar-refractivity contribution in [2.24, 2.45) is 0 Å². The van der Waals surface area contributed by atoms with Gasteiger partial charge in [-0.15, -0.1) is 0 Å². The first-order chi connectivity index (χ1) is 22.5. The Bertz CT molecular complexity index is 1980. The van der Waals surface area contributed by atoms with Crippen molar-refractivity contribution in [1.29, 1.82) is 0 Å². The van der Waals surface area contributed by atoms with Crippen LogP contribution in [0.2, 0.25) is 0 Å². The van der Waals surface area contributed by atoms with Crippen LogP contribution in [-0.4, -0.2) is 83.9 Å². The zero-order valence-corrected chi connectivity index (χ0v) is 27.3. The number of hydrogen-bond acceptors (Lipinski definition) is 9. The average molecular weight is 662 g/mol. The lowest BCUT2D eigenvalue weighted by Crippen LogP contribution is -2.48. The second-order valence-electron chi connectivity index (χ2n) is 11.4. The van der Waals surface area contributed by atoms with Gasteiger partial charge in [-0.2, -0.15) is 14.1 Å². The van der Waals surface area contributed by atoms with E-state index < -0.39 is 21.9 Å². The van der Waals surface area contributed by atoms with Crippen LogP contribution in [-0.2, 0) is 10.0 Å². The van der Waals surface area contributed by atoms with E-state index in [1.54, 1.807) is 31.2 Å². The molecule has 246 valence electrons. The number of carboxylic acids is 1. The summed E-state index contributed by atoms with van der Waals surface area (Å²) in [4.78, 5) is 27.3. The van der Waals surface area contributed by atoms with E-state index in [1.807, 2.05) is 32.9 Å². The number of piperazine rings is 1. The fraction of sp³-hybridized carbons (Fsp3) is 0.303. The maximum absolute atomic E-state index is 14.2. The van der Waals surface area contributed by atoms with Crippen molar-refractivity contribution in [1.82, 2.24) is 19.0 Å². The van der Waals surface area contributed by atoms with Crippen molar-refractivity contribution in [3.63, 3.8) is 0 Å². The van der Waals surface area contributed by atoms with Gasteiger partial charge in [0.1, 0.15) is 10.6 Å². The maximum Gasteiger partial charge on any atom is 0.356 e. The third-order valence-corrected chi connectivity index (χ3v) is 10.2. The number of aromatic carboxylic acids is 1. The van der Waals surface area contributed by atoms with Crippen LogP contribution in [0.1, 0.15) is 44.5 Å². The van der Waals surface area contributed by atoms with Gasteiger partial charge in [-0.1, -0.05) is 24.6 Å². The van der Waals surface area contributed by atoms with Gasteiger partial charge in [0.05, 0.1) is 5.69 Å². The molecule has 6 rings (SSSR count). The first-order valence-electron chi connectivity index (χ1n) is 15.1. The van der Waals surface area contributed by atoms with E-state index in [2.05, 4.69) is 15.3 Å². The van der Waals surface area contributed by atoms with Crippen molar-refractivity contribution >= 4 is 27.6 Å². The highest BCUT2D eigenvalue weighted by molar-refractivity contribution is 7.89. The summed E-state index contributed by atoms with van der Waals surface area (Å²) in [6.07, 6.45) is 0. The van der Waals surface area contributed by atoms with Crippen LogP contribution in [0.25, 0.3) is 5.69 Å². The summed E-state index contributed by atoms with van der Waals surface area (Å²) in [5, 5.41) is 17.0. The lowest BCUT2D eigenvalue weighted by Gasteiger charge is -2.33. The molecule has 2 aliphatic rings. The molecule has 3 aromatic carbocycles. The Kier molecular flexibility index (Phi) is 8.66. The number of aromatic nitrogens is 2. The number of amides is 1. The SMILES string of the molecule is CCN1CCN(S(=O)(=O)c2cc(NC(=O)c3ccc4c(c3)OCO4)ccc2Oc2c(C)c(C(=O)O)nn2-c2ccc(C)cc2C)CC1. The molecule has 4 aromatic rings. The maximum atomic E-state index is 14.2. The van der Waals surface area contributed by atoms with Gasteiger partial charge in [-0.05, 0) is 75.3 Å². The van der Waals surface area contributed by atoms with Crippen molar-refractivity contribution in [3.05, 3.63) is 82.5 Å². The summed E-state index contributed by atoms with van der Waals surface area (Å²) in [6.45, 7) is 9.92. The summed E-state index contributed by atoms with van der Waals surface area (Å²) >= 11 is 0. The van der Waals surface area contributed by atoms with Crippen molar-refractivity contribution < 1.29 is 37.3 Å². The molecule has 0 unspecified atom stereocenters. The molecule has 1 saturated heterocycles. The van der Waals surface area contributed by atoms with Crippen LogP contribution < -0.4 is 19.5 Å². The number of fused-ring (bicyclic) bond motifs is 1. The Balaban J connectivity index is 1.41. The first-order valence-corrected chi connectivity index (χ1v) is 16.6. The molecule has 1 fully saturated rings. The normalized spacial score (nSPS) is 15.1. The molecule has 3 heterocycles. The zero-order chi connectivity index (χ0) is 33.5. The van der Waals surface area contributed by atoms with Crippen molar-refractivity contribution in [2.75, 3.05) is 44.8 Å². The molecule has 1 amide bonds. The van der Waals surface area contributed by atoms with Crippen LogP contribution >= 0.6 is 0 Å². The fourth-order valence-electron chi connectivity index (χ4n) is 5.65. The zero-order valence-electron chi connectivity index (χ0n) is 26.4. The van der Waals surface area contributed by atoms with Gasteiger partial charge >= 0.3 is 5.97 Å². The standard InChI is InChI=1S/C33H35N5O8S/c1-5-36-12-14-37(15-13-36)47(42,43)29-18-24(34-31(39)23-7-10-26-28(17-23)45-19-44-26)8-11-27(29)46-32-22(4)30(33(40)41)35-38(32)25-9-6-20(2)16-21(25)3/h6-11,16-18H,5,12-15,19H2,1-4H3,(H,34,39)(H,40,41). The number of hydrogen-bond donors (Lipinski definition) is 2. The number of sulfonamides is 1. The quantitative estimate of drug-likeness (QED) is 0.260. The largest absolute Gasteiger partial charge is 0.476 e. The minimum absolute atomic E-state index is 0.0463. The van der Waals surface area contributed by atoms with E-state index in [-0.39, 0.29) is 53.4 Å². The van der Waals surface area contributed by atoms with Gasteiger partial charge in [-0.3, -0.25) is 4.79 Å². The van der Waals surface area contributed by atoms with Crippen LogP contribution in [0, 0.1) is 20.8 Å². The third-order valence-electron chi connectivity index (χ3n) is 8.29. The number of carbonyl (C=O) groups is 2. The molecular weight excluding hydrogens is 626 g/mol. The van der Waals surface area contributed by atoms with Gasteiger partial charge in [-0.25, -0.2) is 13.2 Å². The smallest absolute Gasteiger partial charge is 0.356 e. The lowest BCUT2D eigenvalue weighted by atomic mass is 10.1. The molecule has 0 saturated carbocycles. The van der Waals surface area contributed by atoms with E-state index in [1.165, 1.54) is 27.2 Å². The molecular formula is C33H35N5O8S. The fourth-order valence-corrected chi connectivity index (χ4v) is 7.21. The van der Waals surface area contributed by atoms with Gasteiger partial charge in [0, 0.05) is 43.0 Å². The average Bonchev–Trinajstić information content (AvgIpc) is 3.65. The second kappa shape index (κ2) is 12.7. The number of carbonyl (C=O) groups excluding carboxylic acids is 1. The Morgan fingerprint density at radius 1 is 0.957 bits per heavy atom. The van der Waals surface area contributed by atoms with Gasteiger partial charge in [0.25, 0.3) is 5.91 Å². The number of anilines is 1. The van der Waals surface area contributed by atoms with E-state index in [0.717, 1.165) is 17.7 Å². The summed E-state index contributed by atoms with van der Waals surface area (Å²) < 4.78 is 48.3. The molecule has 0 atom stereocenters. The second-order valence-corrected chi connectivity index (χ2v) is 13.3. The summed E-state index contributed by atoms with van der Waals surface area (Å²) in [5.74, 6) is -0.757. The van der Waals surface area contributed by atoms with E-state index in [0.29, 0.717) is 35.8 Å². The van der Waals surface area contributed by atoms with Crippen molar-refractivity contribution in [3.8, 4) is 28.8 Å². The van der Waals surface area contributed by atoms with E-state index in [4.69, 9.17) is 14.2 Å². The molecule has 0 radical (unpaired) electrons. The predicted octanol–water partition coefficient (Wildman–Crippen LogP) is 4.60. The Labute approximate surface area is 272 Å². The highest BCUT2D eigenvalue weighted by atomic mass is 32.2. The van der Waals surface area contributed by atoms with E-state index >= 15 is 0 Å². The molecule has 0 spiro atoms. The summed E-state index contributed by atoms with van der Waals surface area (Å²) in [7, 11) is -4.14. The molecule has 0 aliphatic carbocycles. The molecule has 0 bridgehead atoms. The van der Waals surface area contributed by atoms with Gasteiger partial charge in [0.2, 0.25) is 22.7 Å². The lowest BCUT2D eigenvalue weighted by molar-refractivity contribution is 0.0689. The monoisotopic (exact) mass is 661 g/mol. The molecule has 2 N–H and O–H groups in total. The Morgan fingerprint density at radius 2 is 1.70 bits per heavy atom. The number of nitrogens with zero attached hydrogens (tertiary/aromatic N) is 4. The molecule has 47 heavy (non-hydrogen) atoms. The van der Waals surface area contributed by atoms with Crippen LogP contribution in [0.15, 0.2) is 59.5 Å². The summed E-state index contributed by atoms with van der Waals surface area (Å²) in [5.41, 5.74) is 2.91. The summed E-state index contributed by atoms with van der Waals surface area (Å²) in [6, 6.07) is 14.7. The van der Waals surface area contributed by atoms with Crippen LogP contribution in [0.5, 0.6) is 23.1 Å². The van der Waals surface area contributed by atoms with Crippen molar-refractivity contribution in [2.45, 2.75) is 32.6 Å². The number of ether oxygens (including phenoxy) is 3. The number of likely N-dealkylation sites (N-methyl/N-ethyl adjacent to an activating group) is 1. The number of rotatable bonds is 9. The first kappa shape index (κ1) is 32.0. The van der Waals surface area contributed by atoms with E-state index in [9.17, 15) is 23.1 Å². The highest BCUT2D eigenvalue weighted by Crippen LogP contribution is 2.38. The van der Waals surface area contributed by atoms with Crippen LogP contribution in [0.3, 0.4) is 0 Å². The minimum Gasteiger partial charge on any atom is -0.476 e. The minimum atomic E-state index is -4.14. The number of aryl methyl sites for hydroxylation is 2. The molecule has 1 aromatic heterocycles. The third kappa shape index (κ3) is 6.26. The number of benzene rings is 3. The van der Waals surface area contributed by atoms with Gasteiger partial charge in [0.15, 0.2) is 17.2 Å². The topological polar surface area (TPSA) is 153 Å².